The third-order valence-corrected chi connectivity index (χ3v) is 2.23. The Hall–Kier alpha value is -1.48. The summed E-state index contributed by atoms with van der Waals surface area (Å²) in [4.78, 5) is 0. The summed E-state index contributed by atoms with van der Waals surface area (Å²) in [6, 6.07) is 5.85. The molecule has 0 amide bonds. The first kappa shape index (κ1) is 11.0. The van der Waals surface area contributed by atoms with Crippen molar-refractivity contribution in [3.8, 4) is 11.5 Å². The number of hydrogen-bond acceptors (Lipinski definition) is 3. The van der Waals surface area contributed by atoms with Gasteiger partial charge in [0.1, 0.15) is 30.8 Å². The monoisotopic (exact) mass is 220 g/mol. The molecule has 1 aromatic rings. The molecule has 0 bridgehead atoms. The Morgan fingerprint density at radius 2 is 2.06 bits per heavy atom. The van der Waals surface area contributed by atoms with Gasteiger partial charge in [-0.05, 0) is 24.6 Å². The Morgan fingerprint density at radius 1 is 1.38 bits per heavy atom. The van der Waals surface area contributed by atoms with Crippen LogP contribution in [0.25, 0.3) is 0 Å². The van der Waals surface area contributed by atoms with E-state index in [1.165, 1.54) is 0 Å². The molecule has 3 nitrogen and oxygen atoms in total. The third-order valence-electron chi connectivity index (χ3n) is 2.23. The van der Waals surface area contributed by atoms with Gasteiger partial charge in [-0.15, -0.1) is 0 Å². The van der Waals surface area contributed by atoms with Crippen LogP contribution >= 0.6 is 0 Å². The fourth-order valence-corrected chi connectivity index (χ4v) is 1.39. The Labute approximate surface area is 95.6 Å². The quantitative estimate of drug-likeness (QED) is 0.544. The molecule has 1 aliphatic heterocycles. The van der Waals surface area contributed by atoms with Crippen molar-refractivity contribution in [3.05, 3.63) is 36.4 Å². The molecule has 3 heteroatoms. The summed E-state index contributed by atoms with van der Waals surface area (Å²) in [5, 5.41) is 0. The molecule has 1 unspecified atom stereocenters. The minimum atomic E-state index is 0.276. The fraction of sp³-hybridized carbons (Fsp3) is 0.385. The Balaban J connectivity index is 1.98. The van der Waals surface area contributed by atoms with Gasteiger partial charge in [0.15, 0.2) is 0 Å². The highest BCUT2D eigenvalue weighted by Crippen LogP contribution is 2.23. The summed E-state index contributed by atoms with van der Waals surface area (Å²) >= 11 is 0. The fourth-order valence-electron chi connectivity index (χ4n) is 1.39. The number of aryl methyl sites for hydroxylation is 1. The molecular formula is C13H16O3. The second-order valence-corrected chi connectivity index (χ2v) is 3.85. The zero-order chi connectivity index (χ0) is 11.4. The summed E-state index contributed by atoms with van der Waals surface area (Å²) in [6.07, 6.45) is 2.00. The third kappa shape index (κ3) is 3.28. The Morgan fingerprint density at radius 3 is 2.69 bits per heavy atom. The Kier molecular flexibility index (Phi) is 3.47. The second kappa shape index (κ2) is 5.03. The molecule has 0 radical (unpaired) electrons. The molecule has 86 valence electrons. The van der Waals surface area contributed by atoms with Gasteiger partial charge in [-0.3, -0.25) is 0 Å². The molecule has 0 N–H and O–H groups in total. The predicted octanol–water partition coefficient (Wildman–Crippen LogP) is 2.34. The average molecular weight is 220 g/mol. The van der Waals surface area contributed by atoms with Crippen molar-refractivity contribution in [2.24, 2.45) is 0 Å². The maximum absolute atomic E-state index is 5.60. The maximum Gasteiger partial charge on any atom is 0.123 e. The van der Waals surface area contributed by atoms with E-state index in [4.69, 9.17) is 14.2 Å². The predicted molar refractivity (Wildman–Crippen MR) is 62.1 cm³/mol. The number of rotatable bonds is 6. The number of benzene rings is 1. The molecule has 16 heavy (non-hydrogen) atoms. The highest BCUT2D eigenvalue weighted by Gasteiger charge is 2.23. The normalized spacial score (nSPS) is 17.9. The van der Waals surface area contributed by atoms with Gasteiger partial charge in [0, 0.05) is 6.07 Å². The van der Waals surface area contributed by atoms with Crippen LogP contribution in [-0.2, 0) is 4.74 Å². The number of hydrogen-bond donors (Lipinski definition) is 0. The van der Waals surface area contributed by atoms with E-state index < -0.39 is 0 Å². The van der Waals surface area contributed by atoms with E-state index >= 15 is 0 Å². The van der Waals surface area contributed by atoms with Crippen molar-refractivity contribution < 1.29 is 14.2 Å². The van der Waals surface area contributed by atoms with E-state index in [1.807, 2.05) is 25.1 Å². The van der Waals surface area contributed by atoms with E-state index in [2.05, 4.69) is 6.58 Å². The van der Waals surface area contributed by atoms with Crippen LogP contribution in [0.5, 0.6) is 11.5 Å². The van der Waals surface area contributed by atoms with Crippen LogP contribution in [0, 0.1) is 6.92 Å². The SMILES string of the molecule is C=CCOc1cc(C)cc(OCC2CO2)c1. The first-order valence-corrected chi connectivity index (χ1v) is 5.38. The zero-order valence-corrected chi connectivity index (χ0v) is 9.44. The highest BCUT2D eigenvalue weighted by molar-refractivity contribution is 5.37. The molecule has 1 atom stereocenters. The number of epoxide rings is 1. The van der Waals surface area contributed by atoms with E-state index in [0.29, 0.717) is 13.2 Å². The van der Waals surface area contributed by atoms with Crippen LogP contribution in [0.4, 0.5) is 0 Å². The van der Waals surface area contributed by atoms with Gasteiger partial charge < -0.3 is 14.2 Å². The molecule has 1 aromatic carbocycles. The van der Waals surface area contributed by atoms with E-state index in [9.17, 15) is 0 Å². The molecule has 0 spiro atoms. The minimum Gasteiger partial charge on any atom is -0.491 e. The van der Waals surface area contributed by atoms with Crippen LogP contribution in [0.2, 0.25) is 0 Å². The first-order chi connectivity index (χ1) is 7.78. The van der Waals surface area contributed by atoms with Crippen LogP contribution in [0.1, 0.15) is 5.56 Å². The van der Waals surface area contributed by atoms with Gasteiger partial charge in [0.05, 0.1) is 6.61 Å². The van der Waals surface area contributed by atoms with Crippen molar-refractivity contribution in [2.75, 3.05) is 19.8 Å². The van der Waals surface area contributed by atoms with Crippen molar-refractivity contribution in [2.45, 2.75) is 13.0 Å². The average Bonchev–Trinajstić information content (AvgIpc) is 3.07. The van der Waals surface area contributed by atoms with Gasteiger partial charge >= 0.3 is 0 Å². The summed E-state index contributed by atoms with van der Waals surface area (Å²) < 4.78 is 16.2. The van der Waals surface area contributed by atoms with Crippen LogP contribution in [-0.4, -0.2) is 25.9 Å². The smallest absolute Gasteiger partial charge is 0.123 e. The molecule has 1 heterocycles. The summed E-state index contributed by atoms with van der Waals surface area (Å²) in [5.74, 6) is 1.64. The van der Waals surface area contributed by atoms with E-state index in [1.54, 1.807) is 6.08 Å². The molecule has 0 saturated carbocycles. The lowest BCUT2D eigenvalue weighted by Crippen LogP contribution is -2.04. The van der Waals surface area contributed by atoms with Crippen LogP contribution in [0.3, 0.4) is 0 Å². The molecule has 0 aliphatic carbocycles. The van der Waals surface area contributed by atoms with Crippen LogP contribution < -0.4 is 9.47 Å². The zero-order valence-electron chi connectivity index (χ0n) is 9.44. The summed E-state index contributed by atoms with van der Waals surface area (Å²) in [5.41, 5.74) is 1.12. The van der Waals surface area contributed by atoms with Gasteiger partial charge in [-0.1, -0.05) is 12.7 Å². The topological polar surface area (TPSA) is 31.0 Å². The second-order valence-electron chi connectivity index (χ2n) is 3.85. The van der Waals surface area contributed by atoms with Gasteiger partial charge in [-0.25, -0.2) is 0 Å². The van der Waals surface area contributed by atoms with Gasteiger partial charge in [-0.2, -0.15) is 0 Å². The van der Waals surface area contributed by atoms with Crippen LogP contribution in [0.15, 0.2) is 30.9 Å². The van der Waals surface area contributed by atoms with E-state index in [0.717, 1.165) is 23.7 Å². The maximum atomic E-state index is 5.60. The van der Waals surface area contributed by atoms with Crippen molar-refractivity contribution >= 4 is 0 Å². The van der Waals surface area contributed by atoms with E-state index in [-0.39, 0.29) is 6.10 Å². The first-order valence-electron chi connectivity index (χ1n) is 5.38. The van der Waals surface area contributed by atoms with Gasteiger partial charge in [0.2, 0.25) is 0 Å². The Bertz CT molecular complexity index is 369. The van der Waals surface area contributed by atoms with Crippen molar-refractivity contribution in [1.29, 1.82) is 0 Å². The molecular weight excluding hydrogens is 204 g/mol. The lowest BCUT2D eigenvalue weighted by atomic mass is 10.2. The number of ether oxygens (including phenoxy) is 3. The van der Waals surface area contributed by atoms with Crippen molar-refractivity contribution in [1.82, 2.24) is 0 Å². The molecule has 1 fully saturated rings. The standard InChI is InChI=1S/C13H16O3/c1-3-4-14-11-5-10(2)6-12(7-11)15-8-13-9-16-13/h3,5-7,13H,1,4,8-9H2,2H3. The lowest BCUT2D eigenvalue weighted by Gasteiger charge is -2.09. The van der Waals surface area contributed by atoms with Crippen molar-refractivity contribution in [3.63, 3.8) is 0 Å². The molecule has 1 aliphatic rings. The highest BCUT2D eigenvalue weighted by atomic mass is 16.6. The summed E-state index contributed by atoms with van der Waals surface area (Å²) in [7, 11) is 0. The largest absolute Gasteiger partial charge is 0.491 e. The minimum absolute atomic E-state index is 0.276. The summed E-state index contributed by atoms with van der Waals surface area (Å²) in [6.45, 7) is 7.57. The molecule has 1 saturated heterocycles. The van der Waals surface area contributed by atoms with Gasteiger partial charge in [0.25, 0.3) is 0 Å². The molecule has 0 aromatic heterocycles. The molecule has 2 rings (SSSR count). The lowest BCUT2D eigenvalue weighted by molar-refractivity contribution is 0.261.